The zero-order chi connectivity index (χ0) is 12.7. The fourth-order valence-corrected chi connectivity index (χ4v) is 1.54. The lowest BCUT2D eigenvalue weighted by Crippen LogP contribution is -2.01. The van der Waals surface area contributed by atoms with Gasteiger partial charge in [-0.2, -0.15) is 8.78 Å². The summed E-state index contributed by atoms with van der Waals surface area (Å²) in [7, 11) is 0. The van der Waals surface area contributed by atoms with Crippen LogP contribution in [0.4, 0.5) is 8.78 Å². The normalized spacial score (nSPS) is 11.1. The van der Waals surface area contributed by atoms with Crippen LogP contribution in [0.5, 0.6) is 5.75 Å². The SMILES string of the molecule is CC(=O)SCC=Cc1ccc(OC(F)F)cc1. The van der Waals surface area contributed by atoms with Gasteiger partial charge in [0.15, 0.2) is 5.12 Å². The maximum Gasteiger partial charge on any atom is 0.387 e. The number of hydrogen-bond acceptors (Lipinski definition) is 3. The number of carbonyl (C=O) groups excluding carboxylic acids is 1. The number of alkyl halides is 2. The summed E-state index contributed by atoms with van der Waals surface area (Å²) in [6.45, 7) is -1.29. The van der Waals surface area contributed by atoms with E-state index in [2.05, 4.69) is 4.74 Å². The second kappa shape index (κ2) is 7.06. The lowest BCUT2D eigenvalue weighted by molar-refractivity contribution is -0.109. The molecule has 0 saturated carbocycles. The molecule has 2 nitrogen and oxygen atoms in total. The lowest BCUT2D eigenvalue weighted by atomic mass is 10.2. The highest BCUT2D eigenvalue weighted by Gasteiger charge is 2.02. The summed E-state index contributed by atoms with van der Waals surface area (Å²) in [5, 5.41) is 0.0651. The van der Waals surface area contributed by atoms with Crippen molar-refractivity contribution in [3.8, 4) is 5.75 Å². The topological polar surface area (TPSA) is 26.3 Å². The zero-order valence-corrected chi connectivity index (χ0v) is 10.0. The molecule has 0 saturated heterocycles. The molecule has 17 heavy (non-hydrogen) atoms. The first-order valence-electron chi connectivity index (χ1n) is 4.92. The molecule has 1 aromatic carbocycles. The van der Waals surface area contributed by atoms with Gasteiger partial charge in [0.25, 0.3) is 0 Å². The summed E-state index contributed by atoms with van der Waals surface area (Å²) in [4.78, 5) is 10.6. The second-order valence-electron chi connectivity index (χ2n) is 3.15. The number of ether oxygens (including phenoxy) is 1. The third-order valence-corrected chi connectivity index (χ3v) is 2.56. The van der Waals surface area contributed by atoms with E-state index in [4.69, 9.17) is 0 Å². The van der Waals surface area contributed by atoms with Crippen molar-refractivity contribution in [2.75, 3.05) is 5.75 Å². The smallest absolute Gasteiger partial charge is 0.387 e. The van der Waals surface area contributed by atoms with Crippen LogP contribution in [0.2, 0.25) is 0 Å². The Balaban J connectivity index is 2.47. The molecule has 0 amide bonds. The Labute approximate surface area is 103 Å². The molecule has 0 fully saturated rings. The monoisotopic (exact) mass is 258 g/mol. The third-order valence-electron chi connectivity index (χ3n) is 1.80. The van der Waals surface area contributed by atoms with Gasteiger partial charge in [-0.1, -0.05) is 36.0 Å². The van der Waals surface area contributed by atoms with Gasteiger partial charge in [-0.3, -0.25) is 4.79 Å². The number of hydrogen-bond donors (Lipinski definition) is 0. The first kappa shape index (κ1) is 13.7. The fraction of sp³-hybridized carbons (Fsp3) is 0.250. The van der Waals surface area contributed by atoms with E-state index in [0.717, 1.165) is 5.56 Å². The molecule has 0 heterocycles. The average Bonchev–Trinajstić information content (AvgIpc) is 2.25. The summed E-state index contributed by atoms with van der Waals surface area (Å²) >= 11 is 1.21. The molecule has 0 unspecified atom stereocenters. The van der Waals surface area contributed by atoms with E-state index in [1.807, 2.05) is 12.2 Å². The quantitative estimate of drug-likeness (QED) is 0.807. The van der Waals surface area contributed by atoms with Crippen molar-refractivity contribution in [1.29, 1.82) is 0 Å². The molecule has 0 radical (unpaired) electrons. The molecule has 0 N–H and O–H groups in total. The number of carbonyl (C=O) groups is 1. The van der Waals surface area contributed by atoms with E-state index < -0.39 is 6.61 Å². The predicted molar refractivity (Wildman–Crippen MR) is 65.2 cm³/mol. The van der Waals surface area contributed by atoms with Crippen molar-refractivity contribution in [2.45, 2.75) is 13.5 Å². The van der Waals surface area contributed by atoms with Crippen molar-refractivity contribution >= 4 is 23.0 Å². The minimum atomic E-state index is -2.80. The number of rotatable bonds is 5. The van der Waals surface area contributed by atoms with Gasteiger partial charge in [-0.05, 0) is 17.7 Å². The molecular formula is C12H12F2O2S. The maximum atomic E-state index is 11.9. The predicted octanol–water partition coefficient (Wildman–Crippen LogP) is 3.58. The van der Waals surface area contributed by atoms with Crippen LogP contribution in [0.25, 0.3) is 6.08 Å². The molecule has 0 aromatic heterocycles. The number of benzene rings is 1. The summed E-state index contributed by atoms with van der Waals surface area (Å²) in [5.74, 6) is 0.736. The minimum absolute atomic E-state index is 0.0651. The van der Waals surface area contributed by atoms with Crippen LogP contribution < -0.4 is 4.74 Å². The molecule has 1 rings (SSSR count). The summed E-state index contributed by atoms with van der Waals surface area (Å²) in [5.41, 5.74) is 0.871. The molecular weight excluding hydrogens is 246 g/mol. The van der Waals surface area contributed by atoms with Crippen LogP contribution in [0.3, 0.4) is 0 Å². The van der Waals surface area contributed by atoms with Crippen LogP contribution in [-0.2, 0) is 4.79 Å². The van der Waals surface area contributed by atoms with E-state index in [9.17, 15) is 13.6 Å². The highest BCUT2D eigenvalue weighted by atomic mass is 32.2. The second-order valence-corrected chi connectivity index (χ2v) is 4.35. The maximum absolute atomic E-state index is 11.9. The molecule has 5 heteroatoms. The van der Waals surface area contributed by atoms with Crippen LogP contribution in [0.1, 0.15) is 12.5 Å². The molecule has 0 aliphatic heterocycles. The highest BCUT2D eigenvalue weighted by Crippen LogP contribution is 2.15. The minimum Gasteiger partial charge on any atom is -0.435 e. The van der Waals surface area contributed by atoms with Gasteiger partial charge in [0, 0.05) is 12.7 Å². The van der Waals surface area contributed by atoms with E-state index in [0.29, 0.717) is 5.75 Å². The third kappa shape index (κ3) is 6.06. The molecule has 0 aliphatic rings. The highest BCUT2D eigenvalue weighted by molar-refractivity contribution is 8.13. The van der Waals surface area contributed by atoms with Crippen LogP contribution in [-0.4, -0.2) is 17.5 Å². The van der Waals surface area contributed by atoms with Gasteiger partial charge in [0.05, 0.1) is 0 Å². The molecule has 1 aromatic rings. The van der Waals surface area contributed by atoms with Crippen LogP contribution in [0.15, 0.2) is 30.3 Å². The van der Waals surface area contributed by atoms with E-state index in [1.165, 1.54) is 30.8 Å². The first-order chi connectivity index (χ1) is 8.08. The number of halogens is 2. The van der Waals surface area contributed by atoms with Gasteiger partial charge >= 0.3 is 6.61 Å². The van der Waals surface area contributed by atoms with Gasteiger partial charge < -0.3 is 4.74 Å². The van der Waals surface area contributed by atoms with Gasteiger partial charge in [0.1, 0.15) is 5.75 Å². The average molecular weight is 258 g/mol. The first-order valence-corrected chi connectivity index (χ1v) is 5.91. The van der Waals surface area contributed by atoms with Crippen molar-refractivity contribution in [1.82, 2.24) is 0 Å². The summed E-state index contributed by atoms with van der Waals surface area (Å²) in [6.07, 6.45) is 3.66. The van der Waals surface area contributed by atoms with Crippen molar-refractivity contribution in [3.63, 3.8) is 0 Å². The Morgan fingerprint density at radius 1 is 1.41 bits per heavy atom. The molecule has 0 spiro atoms. The van der Waals surface area contributed by atoms with Crippen LogP contribution in [0, 0.1) is 0 Å². The standard InChI is InChI=1S/C12H12F2O2S/c1-9(15)17-8-2-3-10-4-6-11(7-5-10)16-12(13)14/h2-7,12H,8H2,1H3. The van der Waals surface area contributed by atoms with E-state index >= 15 is 0 Å². The fourth-order valence-electron chi connectivity index (χ4n) is 1.11. The van der Waals surface area contributed by atoms with E-state index in [1.54, 1.807) is 12.1 Å². The Bertz CT molecular complexity index is 388. The van der Waals surface area contributed by atoms with Crippen molar-refractivity contribution in [2.24, 2.45) is 0 Å². The van der Waals surface area contributed by atoms with Gasteiger partial charge in [0.2, 0.25) is 0 Å². The van der Waals surface area contributed by atoms with Gasteiger partial charge in [-0.25, -0.2) is 0 Å². The Morgan fingerprint density at radius 3 is 2.59 bits per heavy atom. The zero-order valence-electron chi connectivity index (χ0n) is 9.23. The molecule has 0 bridgehead atoms. The summed E-state index contributed by atoms with van der Waals surface area (Å²) in [6, 6.07) is 6.30. The van der Waals surface area contributed by atoms with Crippen molar-refractivity contribution < 1.29 is 18.3 Å². The van der Waals surface area contributed by atoms with Crippen LogP contribution >= 0.6 is 11.8 Å². The summed E-state index contributed by atoms with van der Waals surface area (Å²) < 4.78 is 28.0. The molecule has 0 aliphatic carbocycles. The Morgan fingerprint density at radius 2 is 2.06 bits per heavy atom. The number of thioether (sulfide) groups is 1. The van der Waals surface area contributed by atoms with Crippen molar-refractivity contribution in [3.05, 3.63) is 35.9 Å². The Kier molecular flexibility index (Phi) is 5.69. The van der Waals surface area contributed by atoms with Gasteiger partial charge in [-0.15, -0.1) is 0 Å². The van der Waals surface area contributed by atoms with E-state index in [-0.39, 0.29) is 10.9 Å². The molecule has 92 valence electrons. The Hall–Kier alpha value is -1.36. The molecule has 0 atom stereocenters. The largest absolute Gasteiger partial charge is 0.435 e. The lowest BCUT2D eigenvalue weighted by Gasteiger charge is -2.03.